The number of hydrogen-bond acceptors (Lipinski definition) is 2. The highest BCUT2D eigenvalue weighted by atomic mass is 35.5. The van der Waals surface area contributed by atoms with Gasteiger partial charge in [0, 0.05) is 12.5 Å². The Bertz CT molecular complexity index is 544. The van der Waals surface area contributed by atoms with E-state index in [2.05, 4.69) is 10.3 Å². The van der Waals surface area contributed by atoms with Crippen molar-refractivity contribution in [2.24, 2.45) is 0 Å². The molecule has 2 aromatic heterocycles. The largest absolute Gasteiger partial charge is 0.314 e. The maximum Gasteiger partial charge on any atom is 0.155 e. The first kappa shape index (κ1) is 11.3. The number of pyridine rings is 1. The second-order valence-corrected chi connectivity index (χ2v) is 5.13. The van der Waals surface area contributed by atoms with Crippen LogP contribution in [-0.4, -0.2) is 22.0 Å². The zero-order chi connectivity index (χ0) is 11.8. The molecule has 0 spiro atoms. The SMILES string of the molecule is Clc1nc(CC2CCCN2)n2c(Cl)cccc12. The summed E-state index contributed by atoms with van der Waals surface area (Å²) < 4.78 is 1.93. The van der Waals surface area contributed by atoms with Gasteiger partial charge in [-0.05, 0) is 31.5 Å². The van der Waals surface area contributed by atoms with Crippen LogP contribution in [0.25, 0.3) is 5.52 Å². The molecule has 1 unspecified atom stereocenters. The molecular weight excluding hydrogens is 257 g/mol. The number of imidazole rings is 1. The zero-order valence-corrected chi connectivity index (χ0v) is 10.8. The summed E-state index contributed by atoms with van der Waals surface area (Å²) in [5.74, 6) is 0.940. The van der Waals surface area contributed by atoms with Gasteiger partial charge in [-0.2, -0.15) is 0 Å². The molecule has 0 amide bonds. The van der Waals surface area contributed by atoms with E-state index in [1.54, 1.807) is 0 Å². The van der Waals surface area contributed by atoms with Gasteiger partial charge in [-0.15, -0.1) is 0 Å². The molecule has 90 valence electrons. The fourth-order valence-electron chi connectivity index (χ4n) is 2.41. The number of rotatable bonds is 2. The molecule has 0 radical (unpaired) electrons. The van der Waals surface area contributed by atoms with Gasteiger partial charge in [0.25, 0.3) is 0 Å². The molecule has 1 fully saturated rings. The molecule has 17 heavy (non-hydrogen) atoms. The van der Waals surface area contributed by atoms with Crippen molar-refractivity contribution in [3.63, 3.8) is 0 Å². The van der Waals surface area contributed by atoms with E-state index >= 15 is 0 Å². The van der Waals surface area contributed by atoms with E-state index in [-0.39, 0.29) is 0 Å². The third-order valence-electron chi connectivity index (χ3n) is 3.23. The molecule has 1 N–H and O–H groups in total. The average molecular weight is 270 g/mol. The smallest absolute Gasteiger partial charge is 0.155 e. The van der Waals surface area contributed by atoms with Crippen LogP contribution >= 0.6 is 23.2 Å². The van der Waals surface area contributed by atoms with Crippen molar-refractivity contribution in [3.8, 4) is 0 Å². The van der Waals surface area contributed by atoms with Crippen molar-refractivity contribution >= 4 is 28.7 Å². The topological polar surface area (TPSA) is 29.3 Å². The Kier molecular flexibility index (Phi) is 2.99. The van der Waals surface area contributed by atoms with Gasteiger partial charge in [0.15, 0.2) is 5.15 Å². The third kappa shape index (κ3) is 2.03. The molecule has 5 heteroatoms. The molecule has 0 aliphatic carbocycles. The highest BCUT2D eigenvalue weighted by molar-refractivity contribution is 6.33. The molecule has 1 atom stereocenters. The number of nitrogens with one attached hydrogen (secondary N) is 1. The van der Waals surface area contributed by atoms with Crippen LogP contribution in [0, 0.1) is 0 Å². The van der Waals surface area contributed by atoms with Crippen molar-refractivity contribution < 1.29 is 0 Å². The lowest BCUT2D eigenvalue weighted by Gasteiger charge is -2.09. The van der Waals surface area contributed by atoms with E-state index in [4.69, 9.17) is 23.2 Å². The van der Waals surface area contributed by atoms with Crippen LogP contribution in [0.15, 0.2) is 18.2 Å². The summed E-state index contributed by atoms with van der Waals surface area (Å²) in [4.78, 5) is 4.42. The van der Waals surface area contributed by atoms with E-state index < -0.39 is 0 Å². The van der Waals surface area contributed by atoms with E-state index in [0.29, 0.717) is 16.3 Å². The highest BCUT2D eigenvalue weighted by Gasteiger charge is 2.19. The molecule has 0 bridgehead atoms. The summed E-state index contributed by atoms with van der Waals surface area (Å²) >= 11 is 12.3. The first-order valence-corrected chi connectivity index (χ1v) is 6.56. The summed E-state index contributed by atoms with van der Waals surface area (Å²) in [7, 11) is 0. The standard InChI is InChI=1S/C12H13Cl2N3/c13-10-5-1-4-9-12(14)16-11(17(9)10)7-8-3-2-6-15-8/h1,4-5,8,15H,2-3,6-7H2. The summed E-state index contributed by atoms with van der Waals surface area (Å²) in [6.07, 6.45) is 3.30. The third-order valence-corrected chi connectivity index (χ3v) is 3.80. The van der Waals surface area contributed by atoms with Crippen LogP contribution in [0.3, 0.4) is 0 Å². The van der Waals surface area contributed by atoms with Crippen LogP contribution in [0.1, 0.15) is 18.7 Å². The fraction of sp³-hybridized carbons (Fsp3) is 0.417. The monoisotopic (exact) mass is 269 g/mol. The second-order valence-electron chi connectivity index (χ2n) is 4.39. The van der Waals surface area contributed by atoms with Crippen LogP contribution in [0.5, 0.6) is 0 Å². The Labute approximate surface area is 110 Å². The van der Waals surface area contributed by atoms with Gasteiger partial charge in [0.2, 0.25) is 0 Å². The molecule has 3 heterocycles. The van der Waals surface area contributed by atoms with Gasteiger partial charge in [0.1, 0.15) is 11.0 Å². The van der Waals surface area contributed by atoms with Crippen LogP contribution in [0.4, 0.5) is 0 Å². The molecule has 3 rings (SSSR count). The molecule has 1 saturated heterocycles. The Morgan fingerprint density at radius 2 is 2.29 bits per heavy atom. The van der Waals surface area contributed by atoms with Crippen molar-refractivity contribution in [1.29, 1.82) is 0 Å². The number of fused-ring (bicyclic) bond motifs is 1. The Balaban J connectivity index is 2.03. The number of halogens is 2. The molecular formula is C12H13Cl2N3. The number of hydrogen-bond donors (Lipinski definition) is 1. The van der Waals surface area contributed by atoms with Crippen LogP contribution in [0.2, 0.25) is 10.3 Å². The van der Waals surface area contributed by atoms with E-state index in [1.165, 1.54) is 12.8 Å². The maximum absolute atomic E-state index is 6.20. The van der Waals surface area contributed by atoms with E-state index in [9.17, 15) is 0 Å². The number of nitrogens with zero attached hydrogens (tertiary/aromatic N) is 2. The predicted octanol–water partition coefficient (Wildman–Crippen LogP) is 2.94. The highest BCUT2D eigenvalue weighted by Crippen LogP contribution is 2.24. The second kappa shape index (κ2) is 4.48. The van der Waals surface area contributed by atoms with Gasteiger partial charge >= 0.3 is 0 Å². The Hall–Kier alpha value is -0.770. The lowest BCUT2D eigenvalue weighted by Crippen LogP contribution is -2.24. The maximum atomic E-state index is 6.20. The first-order valence-electron chi connectivity index (χ1n) is 5.80. The quantitative estimate of drug-likeness (QED) is 0.850. The molecule has 0 saturated carbocycles. The minimum absolute atomic E-state index is 0.493. The molecule has 3 nitrogen and oxygen atoms in total. The first-order chi connectivity index (χ1) is 8.25. The van der Waals surface area contributed by atoms with Crippen molar-refractivity contribution in [2.45, 2.75) is 25.3 Å². The van der Waals surface area contributed by atoms with Crippen LogP contribution < -0.4 is 5.32 Å². The minimum atomic E-state index is 0.493. The lowest BCUT2D eigenvalue weighted by molar-refractivity contribution is 0.584. The van der Waals surface area contributed by atoms with Gasteiger partial charge in [0.05, 0.1) is 5.52 Å². The van der Waals surface area contributed by atoms with Gasteiger partial charge in [-0.1, -0.05) is 29.3 Å². The fourth-order valence-corrected chi connectivity index (χ4v) is 2.92. The predicted molar refractivity (Wildman–Crippen MR) is 69.9 cm³/mol. The summed E-state index contributed by atoms with van der Waals surface area (Å²) in [6, 6.07) is 6.18. The average Bonchev–Trinajstić information content (AvgIpc) is 2.90. The summed E-state index contributed by atoms with van der Waals surface area (Å²) in [5.41, 5.74) is 0.882. The van der Waals surface area contributed by atoms with Crippen molar-refractivity contribution in [2.75, 3.05) is 6.54 Å². The molecule has 0 aromatic carbocycles. The normalized spacial score (nSPS) is 20.2. The zero-order valence-electron chi connectivity index (χ0n) is 9.29. The minimum Gasteiger partial charge on any atom is -0.314 e. The molecule has 1 aliphatic rings. The van der Waals surface area contributed by atoms with Gasteiger partial charge in [-0.3, -0.25) is 4.40 Å². The summed E-state index contributed by atoms with van der Waals surface area (Å²) in [5, 5.41) is 4.65. The Morgan fingerprint density at radius 1 is 1.41 bits per heavy atom. The molecule has 2 aromatic rings. The van der Waals surface area contributed by atoms with Crippen molar-refractivity contribution in [3.05, 3.63) is 34.3 Å². The van der Waals surface area contributed by atoms with E-state index in [0.717, 1.165) is 24.3 Å². The molecule has 1 aliphatic heterocycles. The van der Waals surface area contributed by atoms with E-state index in [1.807, 2.05) is 22.6 Å². The van der Waals surface area contributed by atoms with Crippen LogP contribution in [-0.2, 0) is 6.42 Å². The summed E-state index contributed by atoms with van der Waals surface area (Å²) in [6.45, 7) is 1.09. The van der Waals surface area contributed by atoms with Gasteiger partial charge < -0.3 is 5.32 Å². The van der Waals surface area contributed by atoms with Crippen molar-refractivity contribution in [1.82, 2.24) is 14.7 Å². The number of aromatic nitrogens is 2. The lowest BCUT2D eigenvalue weighted by atomic mass is 10.1. The van der Waals surface area contributed by atoms with Gasteiger partial charge in [-0.25, -0.2) is 4.98 Å². The Morgan fingerprint density at radius 3 is 3.06 bits per heavy atom.